The van der Waals surface area contributed by atoms with Gasteiger partial charge in [0.1, 0.15) is 17.5 Å². The first-order chi connectivity index (χ1) is 14.7. The van der Waals surface area contributed by atoms with Crippen molar-refractivity contribution in [3.8, 4) is 5.75 Å². The number of fused-ring (bicyclic) bond motifs is 1. The zero-order chi connectivity index (χ0) is 22.8. The smallest absolute Gasteiger partial charge is 0.247 e. The summed E-state index contributed by atoms with van der Waals surface area (Å²) in [5.74, 6) is 0.537. The minimum absolute atomic E-state index is 0.0320. The van der Waals surface area contributed by atoms with Crippen LogP contribution in [0.2, 0.25) is 0 Å². The molecule has 1 saturated heterocycles. The Morgan fingerprint density at radius 1 is 1.39 bits per heavy atom. The van der Waals surface area contributed by atoms with Gasteiger partial charge in [-0.2, -0.15) is 0 Å². The van der Waals surface area contributed by atoms with E-state index in [2.05, 4.69) is 17.2 Å². The fourth-order valence-electron chi connectivity index (χ4n) is 4.50. The highest BCUT2D eigenvalue weighted by Gasteiger charge is 2.50. The number of carbonyl (C=O) groups excluding carboxylic acids is 2. The molecule has 0 radical (unpaired) electrons. The van der Waals surface area contributed by atoms with E-state index in [1.165, 1.54) is 0 Å². The molecule has 31 heavy (non-hydrogen) atoms. The van der Waals surface area contributed by atoms with Crippen molar-refractivity contribution in [1.82, 2.24) is 14.8 Å². The lowest BCUT2D eigenvalue weighted by atomic mass is 10.1. The van der Waals surface area contributed by atoms with Gasteiger partial charge in [-0.25, -0.2) is 0 Å². The SMILES string of the molecule is COc1cc(NC(C)CCCN2C(=O)[C@H](C)N(C(=O)CN)C2(C)C)c2ncccc2c1. The maximum atomic E-state index is 12.8. The molecule has 1 fully saturated rings. The van der Waals surface area contributed by atoms with Crippen LogP contribution in [-0.2, 0) is 9.59 Å². The van der Waals surface area contributed by atoms with Crippen molar-refractivity contribution < 1.29 is 14.3 Å². The van der Waals surface area contributed by atoms with Crippen molar-refractivity contribution in [1.29, 1.82) is 0 Å². The molecular formula is C23H33N5O3. The van der Waals surface area contributed by atoms with E-state index >= 15 is 0 Å². The van der Waals surface area contributed by atoms with Crippen molar-refractivity contribution in [3.05, 3.63) is 30.5 Å². The van der Waals surface area contributed by atoms with Gasteiger partial charge in [0.25, 0.3) is 0 Å². The van der Waals surface area contributed by atoms with Crippen molar-refractivity contribution in [2.75, 3.05) is 25.5 Å². The largest absolute Gasteiger partial charge is 0.497 e. The minimum Gasteiger partial charge on any atom is -0.497 e. The molecule has 3 rings (SSSR count). The Kier molecular flexibility index (Phi) is 6.69. The molecule has 1 aromatic heterocycles. The average molecular weight is 428 g/mol. The Bertz CT molecular complexity index is 961. The Morgan fingerprint density at radius 2 is 2.13 bits per heavy atom. The van der Waals surface area contributed by atoms with Crippen molar-refractivity contribution in [3.63, 3.8) is 0 Å². The summed E-state index contributed by atoms with van der Waals surface area (Å²) in [7, 11) is 1.65. The highest BCUT2D eigenvalue weighted by molar-refractivity contribution is 5.93. The van der Waals surface area contributed by atoms with Crippen LogP contribution in [0.15, 0.2) is 30.5 Å². The molecular weight excluding hydrogens is 394 g/mol. The summed E-state index contributed by atoms with van der Waals surface area (Å²) in [5.41, 5.74) is 6.70. The van der Waals surface area contributed by atoms with E-state index in [1.807, 2.05) is 38.1 Å². The molecule has 0 spiro atoms. The third kappa shape index (κ3) is 4.44. The first kappa shape index (κ1) is 22.8. The predicted octanol–water partition coefficient (Wildman–Crippen LogP) is 2.58. The quantitative estimate of drug-likeness (QED) is 0.672. The summed E-state index contributed by atoms with van der Waals surface area (Å²) in [6, 6.07) is 7.51. The molecule has 1 aliphatic heterocycles. The van der Waals surface area contributed by atoms with Gasteiger partial charge in [0, 0.05) is 30.2 Å². The first-order valence-corrected chi connectivity index (χ1v) is 10.7. The maximum Gasteiger partial charge on any atom is 0.247 e. The molecule has 8 heteroatoms. The number of hydrogen-bond acceptors (Lipinski definition) is 6. The number of nitrogens with zero attached hydrogens (tertiary/aromatic N) is 3. The molecule has 8 nitrogen and oxygen atoms in total. The number of carbonyl (C=O) groups is 2. The Balaban J connectivity index is 1.65. The number of nitrogens with one attached hydrogen (secondary N) is 1. The summed E-state index contributed by atoms with van der Waals surface area (Å²) in [5, 5.41) is 4.55. The van der Waals surface area contributed by atoms with Crippen molar-refractivity contribution >= 4 is 28.4 Å². The Labute approximate surface area is 183 Å². The van der Waals surface area contributed by atoms with Gasteiger partial charge in [0.05, 0.1) is 24.9 Å². The summed E-state index contributed by atoms with van der Waals surface area (Å²) in [6.45, 7) is 8.15. The number of nitrogens with two attached hydrogens (primary N) is 1. The number of anilines is 1. The van der Waals surface area contributed by atoms with E-state index in [-0.39, 0.29) is 24.4 Å². The number of ether oxygens (including phenoxy) is 1. The molecule has 3 N–H and O–H groups in total. The highest BCUT2D eigenvalue weighted by atomic mass is 16.5. The van der Waals surface area contributed by atoms with E-state index in [4.69, 9.17) is 10.5 Å². The summed E-state index contributed by atoms with van der Waals surface area (Å²) in [6.07, 6.45) is 3.43. The molecule has 0 saturated carbocycles. The van der Waals surface area contributed by atoms with Crippen LogP contribution < -0.4 is 15.8 Å². The predicted molar refractivity (Wildman–Crippen MR) is 122 cm³/mol. The second-order valence-corrected chi connectivity index (χ2v) is 8.57. The molecule has 2 aromatic rings. The third-order valence-electron chi connectivity index (χ3n) is 6.04. The Hall–Kier alpha value is -2.87. The molecule has 1 aliphatic rings. The number of benzene rings is 1. The van der Waals surface area contributed by atoms with Crippen LogP contribution in [0.25, 0.3) is 10.9 Å². The molecule has 0 bridgehead atoms. The van der Waals surface area contributed by atoms with Crippen molar-refractivity contribution in [2.24, 2.45) is 5.73 Å². The zero-order valence-electron chi connectivity index (χ0n) is 19.0. The lowest BCUT2D eigenvalue weighted by molar-refractivity contribution is -0.137. The van der Waals surface area contributed by atoms with Gasteiger partial charge in [-0.15, -0.1) is 0 Å². The van der Waals surface area contributed by atoms with Crippen LogP contribution in [0.1, 0.15) is 40.5 Å². The molecule has 168 valence electrons. The molecule has 1 unspecified atom stereocenters. The van der Waals surface area contributed by atoms with Crippen LogP contribution in [-0.4, -0.2) is 64.5 Å². The van der Waals surface area contributed by atoms with Crippen LogP contribution >= 0.6 is 0 Å². The lowest BCUT2D eigenvalue weighted by Gasteiger charge is -2.38. The third-order valence-corrected chi connectivity index (χ3v) is 6.04. The molecule has 2 amide bonds. The number of methoxy groups -OCH3 is 1. The molecule has 2 atom stereocenters. The summed E-state index contributed by atoms with van der Waals surface area (Å²) in [4.78, 5) is 33.0. The first-order valence-electron chi connectivity index (χ1n) is 10.7. The summed E-state index contributed by atoms with van der Waals surface area (Å²) >= 11 is 0. The minimum atomic E-state index is -0.684. The van der Waals surface area contributed by atoms with Gasteiger partial charge in [-0.1, -0.05) is 6.07 Å². The van der Waals surface area contributed by atoms with Gasteiger partial charge in [0.15, 0.2) is 0 Å². The van der Waals surface area contributed by atoms with E-state index in [9.17, 15) is 9.59 Å². The number of rotatable bonds is 8. The van der Waals surface area contributed by atoms with E-state index in [1.54, 1.807) is 30.0 Å². The number of aromatic nitrogens is 1. The molecule has 0 aliphatic carbocycles. The number of pyridine rings is 1. The standard InChI is InChI=1S/C23H33N5O3/c1-15(26-19-13-18(31-5)12-17-9-6-10-25-21(17)19)8-7-11-27-22(30)16(2)28(20(29)14-24)23(27,3)4/h6,9-10,12-13,15-16,26H,7-8,11,14,24H2,1-5H3/t15?,16-/m0/s1. The second kappa shape index (κ2) is 9.09. The van der Waals surface area contributed by atoms with Crippen LogP contribution in [0.5, 0.6) is 5.75 Å². The van der Waals surface area contributed by atoms with Crippen molar-refractivity contribution in [2.45, 2.75) is 58.3 Å². The zero-order valence-corrected chi connectivity index (χ0v) is 19.0. The molecule has 2 heterocycles. The van der Waals surface area contributed by atoms with Gasteiger partial charge in [-0.3, -0.25) is 14.6 Å². The maximum absolute atomic E-state index is 12.8. The van der Waals surface area contributed by atoms with Gasteiger partial charge < -0.3 is 25.6 Å². The topological polar surface area (TPSA) is 101 Å². The second-order valence-electron chi connectivity index (χ2n) is 8.57. The fourth-order valence-corrected chi connectivity index (χ4v) is 4.50. The van der Waals surface area contributed by atoms with Gasteiger partial charge in [-0.05, 0) is 52.7 Å². The normalized spacial score (nSPS) is 19.0. The lowest BCUT2D eigenvalue weighted by Crippen LogP contribution is -2.54. The van der Waals surface area contributed by atoms with Crippen LogP contribution in [0, 0.1) is 0 Å². The number of hydrogen-bond donors (Lipinski definition) is 2. The van der Waals surface area contributed by atoms with E-state index in [0.29, 0.717) is 6.54 Å². The fraction of sp³-hybridized carbons (Fsp3) is 0.522. The van der Waals surface area contributed by atoms with Crippen LogP contribution in [0.4, 0.5) is 5.69 Å². The van der Waals surface area contributed by atoms with E-state index in [0.717, 1.165) is 35.2 Å². The average Bonchev–Trinajstić information content (AvgIpc) is 2.91. The van der Waals surface area contributed by atoms with Gasteiger partial charge >= 0.3 is 0 Å². The Morgan fingerprint density at radius 3 is 2.81 bits per heavy atom. The van der Waals surface area contributed by atoms with E-state index < -0.39 is 11.7 Å². The monoisotopic (exact) mass is 427 g/mol. The summed E-state index contributed by atoms with van der Waals surface area (Å²) < 4.78 is 5.42. The van der Waals surface area contributed by atoms with Crippen LogP contribution in [0.3, 0.4) is 0 Å². The highest BCUT2D eigenvalue weighted by Crippen LogP contribution is 2.32. The van der Waals surface area contributed by atoms with Gasteiger partial charge in [0.2, 0.25) is 11.8 Å². The number of amides is 2. The molecule has 1 aromatic carbocycles.